The van der Waals surface area contributed by atoms with Crippen LogP contribution >= 0.6 is 27.3 Å². The van der Waals surface area contributed by atoms with Crippen molar-refractivity contribution in [3.63, 3.8) is 0 Å². The van der Waals surface area contributed by atoms with Crippen LogP contribution < -0.4 is 4.90 Å². The summed E-state index contributed by atoms with van der Waals surface area (Å²) in [6.07, 6.45) is -0.292. The Kier molecular flexibility index (Phi) is 3.04. The number of rotatable bonds is 2. The molecule has 0 atom stereocenters. The van der Waals surface area contributed by atoms with Crippen LogP contribution in [0, 0.1) is 5.82 Å². The Morgan fingerprint density at radius 3 is 2.89 bits per heavy atom. The number of aromatic nitrogens is 2. The molecule has 0 radical (unpaired) electrons. The molecule has 2 aromatic rings. The van der Waals surface area contributed by atoms with Crippen LogP contribution in [0.1, 0.15) is 0 Å². The minimum Gasteiger partial charge on any atom is -0.389 e. The maximum atomic E-state index is 13.7. The fraction of sp³-hybridized carbons (Fsp3) is 0.273. The molecule has 0 aliphatic carbocycles. The molecule has 1 aromatic heterocycles. The lowest BCUT2D eigenvalue weighted by atomic mass is 10.2. The summed E-state index contributed by atoms with van der Waals surface area (Å²) in [5, 5.41) is 18.5. The summed E-state index contributed by atoms with van der Waals surface area (Å²) in [6, 6.07) is 4.73. The van der Waals surface area contributed by atoms with Crippen LogP contribution in [0.4, 0.5) is 9.52 Å². The Balaban J connectivity index is 1.90. The molecule has 7 heteroatoms. The van der Waals surface area contributed by atoms with Crippen LogP contribution in [0.3, 0.4) is 0 Å². The first-order chi connectivity index (χ1) is 8.63. The second kappa shape index (κ2) is 4.56. The van der Waals surface area contributed by atoms with Gasteiger partial charge in [0.1, 0.15) is 5.82 Å². The van der Waals surface area contributed by atoms with Crippen molar-refractivity contribution in [3.05, 3.63) is 28.5 Å². The van der Waals surface area contributed by atoms with Crippen LogP contribution in [-0.4, -0.2) is 34.5 Å². The second-order valence-corrected chi connectivity index (χ2v) is 5.94. The fourth-order valence-corrected chi connectivity index (χ4v) is 2.97. The van der Waals surface area contributed by atoms with E-state index in [1.807, 2.05) is 4.90 Å². The van der Waals surface area contributed by atoms with Gasteiger partial charge in [0.2, 0.25) is 5.13 Å². The number of hydrogen-bond acceptors (Lipinski definition) is 5. The second-order valence-electron chi connectivity index (χ2n) is 4.07. The van der Waals surface area contributed by atoms with Crippen molar-refractivity contribution in [2.45, 2.75) is 6.10 Å². The number of anilines is 1. The van der Waals surface area contributed by atoms with Gasteiger partial charge < -0.3 is 10.0 Å². The highest BCUT2D eigenvalue weighted by molar-refractivity contribution is 9.10. The molecule has 2 heterocycles. The quantitative estimate of drug-likeness (QED) is 0.918. The smallest absolute Gasteiger partial charge is 0.208 e. The summed E-state index contributed by atoms with van der Waals surface area (Å²) >= 11 is 4.63. The molecule has 0 bridgehead atoms. The Hall–Kier alpha value is -1.05. The number of benzene rings is 1. The van der Waals surface area contributed by atoms with Gasteiger partial charge in [0.15, 0.2) is 5.01 Å². The first-order valence-corrected chi connectivity index (χ1v) is 6.96. The van der Waals surface area contributed by atoms with Crippen LogP contribution in [-0.2, 0) is 0 Å². The summed E-state index contributed by atoms with van der Waals surface area (Å²) in [5.74, 6) is -0.315. The van der Waals surface area contributed by atoms with Gasteiger partial charge in [-0.3, -0.25) is 0 Å². The van der Waals surface area contributed by atoms with Crippen LogP contribution in [0.15, 0.2) is 22.7 Å². The van der Waals surface area contributed by atoms with Crippen molar-refractivity contribution in [1.82, 2.24) is 10.2 Å². The molecule has 0 amide bonds. The zero-order valence-electron chi connectivity index (χ0n) is 9.18. The summed E-state index contributed by atoms with van der Waals surface area (Å²) in [5.41, 5.74) is 0.439. The molecular weight excluding hydrogens is 321 g/mol. The molecule has 0 spiro atoms. The van der Waals surface area contributed by atoms with Crippen molar-refractivity contribution >= 4 is 32.4 Å². The van der Waals surface area contributed by atoms with Crippen molar-refractivity contribution in [2.75, 3.05) is 18.0 Å². The monoisotopic (exact) mass is 329 g/mol. The summed E-state index contributed by atoms with van der Waals surface area (Å²) < 4.78 is 14.5. The van der Waals surface area contributed by atoms with Gasteiger partial charge in [0.25, 0.3) is 0 Å². The predicted molar refractivity (Wildman–Crippen MR) is 71.2 cm³/mol. The van der Waals surface area contributed by atoms with Gasteiger partial charge in [0.05, 0.1) is 6.10 Å². The van der Waals surface area contributed by atoms with E-state index in [1.165, 1.54) is 17.4 Å². The molecule has 94 valence electrons. The van der Waals surface area contributed by atoms with E-state index in [4.69, 9.17) is 0 Å². The molecule has 1 aliphatic heterocycles. The zero-order chi connectivity index (χ0) is 12.7. The molecule has 1 fully saturated rings. The average Bonchev–Trinajstić information content (AvgIpc) is 2.77. The number of aliphatic hydroxyl groups excluding tert-OH is 1. The Labute approximate surface area is 115 Å². The van der Waals surface area contributed by atoms with E-state index in [0.717, 1.165) is 9.60 Å². The summed E-state index contributed by atoms with van der Waals surface area (Å²) in [4.78, 5) is 1.92. The first-order valence-electron chi connectivity index (χ1n) is 5.35. The molecule has 0 unspecified atom stereocenters. The summed E-state index contributed by atoms with van der Waals surface area (Å²) in [6.45, 7) is 1.13. The van der Waals surface area contributed by atoms with Gasteiger partial charge in [0, 0.05) is 23.1 Å². The minimum atomic E-state index is -0.315. The molecule has 0 saturated carbocycles. The maximum Gasteiger partial charge on any atom is 0.208 e. The predicted octanol–water partition coefficient (Wildman–Crippen LogP) is 2.29. The molecule has 1 aromatic carbocycles. The Morgan fingerprint density at radius 1 is 1.39 bits per heavy atom. The van der Waals surface area contributed by atoms with Crippen molar-refractivity contribution < 1.29 is 9.50 Å². The number of nitrogens with zero attached hydrogens (tertiary/aromatic N) is 3. The van der Waals surface area contributed by atoms with Gasteiger partial charge in [-0.25, -0.2) is 4.39 Å². The molecule has 3 rings (SSSR count). The third-order valence-corrected chi connectivity index (χ3v) is 4.22. The molecule has 1 saturated heterocycles. The standard InChI is InChI=1S/C11H9BrFN3OS/c12-6-1-2-9(13)8(3-6)10-14-15-11(18-10)16-4-7(17)5-16/h1-3,7,17H,4-5H2. The number of halogens is 2. The van der Waals surface area contributed by atoms with E-state index < -0.39 is 0 Å². The number of aliphatic hydroxyl groups is 1. The normalized spacial score (nSPS) is 15.8. The van der Waals surface area contributed by atoms with Crippen molar-refractivity contribution in [1.29, 1.82) is 0 Å². The minimum absolute atomic E-state index is 0.292. The van der Waals surface area contributed by atoms with E-state index in [2.05, 4.69) is 26.1 Å². The van der Waals surface area contributed by atoms with Gasteiger partial charge in [-0.1, -0.05) is 27.3 Å². The largest absolute Gasteiger partial charge is 0.389 e. The maximum absolute atomic E-state index is 13.7. The van der Waals surface area contributed by atoms with E-state index in [9.17, 15) is 9.50 Å². The molecule has 18 heavy (non-hydrogen) atoms. The van der Waals surface area contributed by atoms with E-state index in [0.29, 0.717) is 23.7 Å². The third kappa shape index (κ3) is 2.13. The zero-order valence-corrected chi connectivity index (χ0v) is 11.6. The topological polar surface area (TPSA) is 49.2 Å². The van der Waals surface area contributed by atoms with Gasteiger partial charge >= 0.3 is 0 Å². The average molecular weight is 330 g/mol. The summed E-state index contributed by atoms with van der Waals surface area (Å²) in [7, 11) is 0. The lowest BCUT2D eigenvalue weighted by Crippen LogP contribution is -2.50. The first kappa shape index (κ1) is 12.0. The van der Waals surface area contributed by atoms with Crippen molar-refractivity contribution in [2.24, 2.45) is 0 Å². The third-order valence-electron chi connectivity index (χ3n) is 2.71. The lowest BCUT2D eigenvalue weighted by Gasteiger charge is -2.34. The number of β-amino-alcohol motifs (C(OH)–C–C–N with tert-alkyl or cyclic N) is 1. The fourth-order valence-electron chi connectivity index (χ4n) is 1.73. The van der Waals surface area contributed by atoms with Crippen molar-refractivity contribution in [3.8, 4) is 10.6 Å². The molecular formula is C11H9BrFN3OS. The van der Waals surface area contributed by atoms with Crippen LogP contribution in [0.2, 0.25) is 0 Å². The highest BCUT2D eigenvalue weighted by atomic mass is 79.9. The molecule has 4 nitrogen and oxygen atoms in total. The Morgan fingerprint density at radius 2 is 2.17 bits per heavy atom. The van der Waals surface area contributed by atoms with Crippen LogP contribution in [0.5, 0.6) is 0 Å². The lowest BCUT2D eigenvalue weighted by molar-refractivity contribution is 0.141. The highest BCUT2D eigenvalue weighted by Gasteiger charge is 2.27. The van der Waals surface area contributed by atoms with Gasteiger partial charge in [-0.15, -0.1) is 10.2 Å². The van der Waals surface area contributed by atoms with Gasteiger partial charge in [-0.05, 0) is 18.2 Å². The number of hydrogen-bond donors (Lipinski definition) is 1. The van der Waals surface area contributed by atoms with E-state index >= 15 is 0 Å². The van der Waals surface area contributed by atoms with E-state index in [-0.39, 0.29) is 11.9 Å². The van der Waals surface area contributed by atoms with Crippen LogP contribution in [0.25, 0.3) is 10.6 Å². The molecule has 1 aliphatic rings. The van der Waals surface area contributed by atoms with Gasteiger partial charge in [-0.2, -0.15) is 0 Å². The molecule has 1 N–H and O–H groups in total. The highest BCUT2D eigenvalue weighted by Crippen LogP contribution is 2.33. The SMILES string of the molecule is OC1CN(c2nnc(-c3cc(Br)ccc3F)s2)C1. The Bertz CT molecular complexity index is 585. The van der Waals surface area contributed by atoms with E-state index in [1.54, 1.807) is 12.1 Å².